The van der Waals surface area contributed by atoms with Gasteiger partial charge in [-0.15, -0.1) is 0 Å². The van der Waals surface area contributed by atoms with Crippen LogP contribution >= 0.6 is 0 Å². The molecule has 6 heteroatoms. The van der Waals surface area contributed by atoms with Crippen molar-refractivity contribution in [3.05, 3.63) is 24.3 Å². The van der Waals surface area contributed by atoms with E-state index in [1.54, 1.807) is 36.2 Å². The highest BCUT2D eigenvalue weighted by molar-refractivity contribution is 5.77. The Morgan fingerprint density at radius 1 is 1.55 bits per heavy atom. The first-order valence-electron chi connectivity index (χ1n) is 6.63. The lowest BCUT2D eigenvalue weighted by Gasteiger charge is -2.20. The maximum absolute atomic E-state index is 11.4. The van der Waals surface area contributed by atoms with Crippen molar-refractivity contribution in [3.63, 3.8) is 0 Å². The van der Waals surface area contributed by atoms with Gasteiger partial charge in [-0.2, -0.15) is 0 Å². The largest absolute Gasteiger partial charge is 0.491 e. The molecule has 0 aliphatic rings. The zero-order chi connectivity index (χ0) is 15.0. The minimum absolute atomic E-state index is 0.0565. The lowest BCUT2D eigenvalue weighted by atomic mass is 10.3. The normalized spacial score (nSPS) is 12.2. The second kappa shape index (κ2) is 8.39. The maximum atomic E-state index is 11.4. The topological polar surface area (TPSA) is 87.8 Å². The average Bonchev–Trinajstić information content (AvgIpc) is 2.36. The van der Waals surface area contributed by atoms with Gasteiger partial charge in [0.25, 0.3) is 0 Å². The molecule has 1 unspecified atom stereocenters. The second-order valence-electron chi connectivity index (χ2n) is 4.69. The number of hydrogen-bond donors (Lipinski definition) is 3. The molecular weight excluding hydrogens is 258 g/mol. The molecular formula is C14H23N3O3. The van der Waals surface area contributed by atoms with Gasteiger partial charge in [0.1, 0.15) is 18.5 Å². The van der Waals surface area contributed by atoms with Crippen LogP contribution in [-0.2, 0) is 4.79 Å². The Balaban J connectivity index is 2.29. The average molecular weight is 281 g/mol. The fourth-order valence-corrected chi connectivity index (χ4v) is 1.77. The van der Waals surface area contributed by atoms with Crippen molar-refractivity contribution < 1.29 is 14.6 Å². The van der Waals surface area contributed by atoms with Crippen molar-refractivity contribution in [2.75, 3.05) is 39.0 Å². The third-order valence-electron chi connectivity index (χ3n) is 2.61. The van der Waals surface area contributed by atoms with Crippen molar-refractivity contribution in [1.29, 1.82) is 0 Å². The number of nitrogens with two attached hydrogens (primary N) is 1. The van der Waals surface area contributed by atoms with Gasteiger partial charge in [-0.3, -0.25) is 9.69 Å². The van der Waals surface area contributed by atoms with E-state index in [1.165, 1.54) is 0 Å². The Hall–Kier alpha value is -1.79. The molecule has 0 spiro atoms. The number of aliphatic hydroxyl groups excluding tert-OH is 1. The molecule has 1 amide bonds. The van der Waals surface area contributed by atoms with Gasteiger partial charge in [0.15, 0.2) is 0 Å². The lowest BCUT2D eigenvalue weighted by Crippen LogP contribution is -2.40. The van der Waals surface area contributed by atoms with E-state index in [4.69, 9.17) is 10.5 Å². The van der Waals surface area contributed by atoms with Crippen molar-refractivity contribution in [1.82, 2.24) is 10.2 Å². The maximum Gasteiger partial charge on any atom is 0.234 e. The number of nitrogen functional groups attached to an aromatic ring is 1. The molecule has 1 aromatic carbocycles. The van der Waals surface area contributed by atoms with Gasteiger partial charge >= 0.3 is 0 Å². The summed E-state index contributed by atoms with van der Waals surface area (Å²) in [6.45, 7) is 3.24. The van der Waals surface area contributed by atoms with Crippen LogP contribution in [0.3, 0.4) is 0 Å². The van der Waals surface area contributed by atoms with Crippen LogP contribution in [0.5, 0.6) is 5.75 Å². The van der Waals surface area contributed by atoms with Crippen molar-refractivity contribution in [2.45, 2.75) is 13.0 Å². The van der Waals surface area contributed by atoms with E-state index in [0.29, 0.717) is 24.5 Å². The van der Waals surface area contributed by atoms with Crippen LogP contribution in [-0.4, -0.2) is 55.3 Å². The van der Waals surface area contributed by atoms with Gasteiger partial charge in [-0.1, -0.05) is 6.07 Å². The molecule has 6 nitrogen and oxygen atoms in total. The van der Waals surface area contributed by atoms with Gasteiger partial charge in [-0.25, -0.2) is 0 Å². The summed E-state index contributed by atoms with van der Waals surface area (Å²) in [5, 5.41) is 12.6. The van der Waals surface area contributed by atoms with E-state index in [1.807, 2.05) is 6.92 Å². The summed E-state index contributed by atoms with van der Waals surface area (Å²) in [7, 11) is 1.78. The minimum atomic E-state index is -0.671. The number of rotatable bonds is 8. The highest BCUT2D eigenvalue weighted by atomic mass is 16.5. The molecule has 112 valence electrons. The number of amides is 1. The Kier molecular flexibility index (Phi) is 6.83. The first-order valence-corrected chi connectivity index (χ1v) is 6.63. The minimum Gasteiger partial charge on any atom is -0.491 e. The van der Waals surface area contributed by atoms with E-state index >= 15 is 0 Å². The SMILES string of the molecule is CCNC(=O)CN(C)CC(O)COc1cccc(N)c1. The molecule has 20 heavy (non-hydrogen) atoms. The number of anilines is 1. The summed E-state index contributed by atoms with van der Waals surface area (Å²) < 4.78 is 5.44. The van der Waals surface area contributed by atoms with E-state index in [-0.39, 0.29) is 19.1 Å². The highest BCUT2D eigenvalue weighted by Gasteiger charge is 2.11. The molecule has 1 aromatic rings. The summed E-state index contributed by atoms with van der Waals surface area (Å²) in [6, 6.07) is 7.04. The number of aliphatic hydroxyl groups is 1. The summed E-state index contributed by atoms with van der Waals surface area (Å²) in [5.41, 5.74) is 6.25. The zero-order valence-corrected chi connectivity index (χ0v) is 12.0. The molecule has 0 saturated heterocycles. The molecule has 4 N–H and O–H groups in total. The van der Waals surface area contributed by atoms with Crippen LogP contribution in [0.25, 0.3) is 0 Å². The molecule has 0 aromatic heterocycles. The van der Waals surface area contributed by atoms with Crippen LogP contribution in [0.4, 0.5) is 5.69 Å². The Labute approximate surface area is 119 Å². The number of hydrogen-bond acceptors (Lipinski definition) is 5. The summed E-state index contributed by atoms with van der Waals surface area (Å²) >= 11 is 0. The molecule has 0 saturated carbocycles. The Morgan fingerprint density at radius 3 is 2.95 bits per heavy atom. The predicted octanol–water partition coefficient (Wildman–Crippen LogP) is 0.0764. The smallest absolute Gasteiger partial charge is 0.234 e. The molecule has 1 atom stereocenters. The number of ether oxygens (including phenoxy) is 1. The number of carbonyl (C=O) groups is 1. The number of carbonyl (C=O) groups excluding carboxylic acids is 1. The third kappa shape index (κ3) is 6.40. The number of nitrogens with one attached hydrogen (secondary N) is 1. The van der Waals surface area contributed by atoms with Crippen molar-refractivity contribution in [2.24, 2.45) is 0 Å². The molecule has 0 aliphatic heterocycles. The van der Waals surface area contributed by atoms with E-state index in [9.17, 15) is 9.90 Å². The van der Waals surface area contributed by atoms with Crippen LogP contribution in [0, 0.1) is 0 Å². The summed E-state index contributed by atoms with van der Waals surface area (Å²) in [5.74, 6) is 0.564. The van der Waals surface area contributed by atoms with Crippen LogP contribution in [0.1, 0.15) is 6.92 Å². The predicted molar refractivity (Wildman–Crippen MR) is 78.5 cm³/mol. The summed E-state index contributed by atoms with van der Waals surface area (Å²) in [4.78, 5) is 13.1. The van der Waals surface area contributed by atoms with Crippen LogP contribution in [0.2, 0.25) is 0 Å². The lowest BCUT2D eigenvalue weighted by molar-refractivity contribution is -0.122. The number of likely N-dealkylation sites (N-methyl/N-ethyl adjacent to an activating group) is 2. The molecule has 0 radical (unpaired) electrons. The van der Waals surface area contributed by atoms with Crippen molar-refractivity contribution in [3.8, 4) is 5.75 Å². The first kappa shape index (κ1) is 16.3. The number of nitrogens with zero attached hydrogens (tertiary/aromatic N) is 1. The fourth-order valence-electron chi connectivity index (χ4n) is 1.77. The highest BCUT2D eigenvalue weighted by Crippen LogP contribution is 2.14. The van der Waals surface area contributed by atoms with Crippen LogP contribution in [0.15, 0.2) is 24.3 Å². The first-order chi connectivity index (χ1) is 9.51. The van der Waals surface area contributed by atoms with E-state index in [0.717, 1.165) is 0 Å². The molecule has 0 bridgehead atoms. The van der Waals surface area contributed by atoms with Gasteiger partial charge < -0.3 is 20.9 Å². The van der Waals surface area contributed by atoms with Gasteiger partial charge in [0, 0.05) is 24.8 Å². The van der Waals surface area contributed by atoms with Crippen molar-refractivity contribution >= 4 is 11.6 Å². The zero-order valence-electron chi connectivity index (χ0n) is 12.0. The molecule has 0 heterocycles. The standard InChI is InChI=1S/C14H23N3O3/c1-3-16-14(19)9-17(2)8-12(18)10-20-13-6-4-5-11(15)7-13/h4-7,12,18H,3,8-10,15H2,1-2H3,(H,16,19). The molecule has 0 fully saturated rings. The number of benzene rings is 1. The van der Waals surface area contributed by atoms with Gasteiger partial charge in [0.2, 0.25) is 5.91 Å². The Morgan fingerprint density at radius 2 is 2.30 bits per heavy atom. The van der Waals surface area contributed by atoms with Crippen LogP contribution < -0.4 is 15.8 Å². The Bertz CT molecular complexity index is 426. The monoisotopic (exact) mass is 281 g/mol. The molecule has 1 rings (SSSR count). The second-order valence-corrected chi connectivity index (χ2v) is 4.69. The van der Waals surface area contributed by atoms with Gasteiger partial charge in [-0.05, 0) is 26.1 Å². The van der Waals surface area contributed by atoms with Gasteiger partial charge in [0.05, 0.1) is 6.54 Å². The van der Waals surface area contributed by atoms with E-state index < -0.39 is 6.10 Å². The fraction of sp³-hybridized carbons (Fsp3) is 0.500. The molecule has 0 aliphatic carbocycles. The third-order valence-corrected chi connectivity index (χ3v) is 2.61. The van der Waals surface area contributed by atoms with E-state index in [2.05, 4.69) is 5.32 Å². The summed E-state index contributed by atoms with van der Waals surface area (Å²) in [6.07, 6.45) is -0.671. The quantitative estimate of drug-likeness (QED) is 0.587.